The van der Waals surface area contributed by atoms with Crippen LogP contribution in [0.1, 0.15) is 47.2 Å². The van der Waals surface area contributed by atoms with Gasteiger partial charge in [0.15, 0.2) is 0 Å². The van der Waals surface area contributed by atoms with Gasteiger partial charge in [-0.15, -0.1) is 0 Å². The quantitative estimate of drug-likeness (QED) is 0.754. The molecule has 1 unspecified atom stereocenters. The minimum Gasteiger partial charge on any atom is -0.370 e. The van der Waals surface area contributed by atoms with Crippen molar-refractivity contribution in [3.05, 3.63) is 53.1 Å². The molecule has 0 radical (unpaired) electrons. The molecule has 1 atom stereocenters. The number of carbonyl (C=O) groups excluding carboxylic acids is 3. The minimum atomic E-state index is -0.539. The SMILES string of the molecule is Cc1cccc(N2CC(C(=O)Nc3cc(C(N)=O)ccc3N3CCCCC3)CC2=O)c1C. The van der Waals surface area contributed by atoms with Crippen LogP contribution in [0.3, 0.4) is 0 Å². The van der Waals surface area contributed by atoms with E-state index in [1.807, 2.05) is 38.1 Å². The van der Waals surface area contributed by atoms with Gasteiger partial charge >= 0.3 is 0 Å². The van der Waals surface area contributed by atoms with Crippen molar-refractivity contribution < 1.29 is 14.4 Å². The maximum Gasteiger partial charge on any atom is 0.248 e. The van der Waals surface area contributed by atoms with Gasteiger partial charge in [-0.3, -0.25) is 14.4 Å². The standard InChI is InChI=1S/C25H30N4O3/c1-16-7-6-8-21(17(16)2)29-15-19(14-23(29)30)25(32)27-20-13-18(24(26)31)9-10-22(20)28-11-4-3-5-12-28/h6-10,13,19H,3-5,11-12,14-15H2,1-2H3,(H2,26,31)(H,27,32). The Morgan fingerprint density at radius 3 is 2.50 bits per heavy atom. The second kappa shape index (κ2) is 9.02. The van der Waals surface area contributed by atoms with Gasteiger partial charge in [-0.05, 0) is 68.5 Å². The third kappa shape index (κ3) is 4.33. The molecule has 3 amide bonds. The van der Waals surface area contributed by atoms with Gasteiger partial charge in [-0.2, -0.15) is 0 Å². The highest BCUT2D eigenvalue weighted by Crippen LogP contribution is 2.33. The van der Waals surface area contributed by atoms with Crippen LogP contribution in [0.15, 0.2) is 36.4 Å². The predicted octanol–water partition coefficient (Wildman–Crippen LogP) is 3.38. The number of piperidine rings is 1. The lowest BCUT2D eigenvalue weighted by atomic mass is 10.1. The molecule has 0 bridgehead atoms. The van der Waals surface area contributed by atoms with Crippen LogP contribution in [0.4, 0.5) is 17.1 Å². The second-order valence-corrected chi connectivity index (χ2v) is 8.76. The molecule has 2 aromatic carbocycles. The number of anilines is 3. The summed E-state index contributed by atoms with van der Waals surface area (Å²) in [5.41, 5.74) is 10.3. The Kier molecular flexibility index (Phi) is 6.17. The summed E-state index contributed by atoms with van der Waals surface area (Å²) in [7, 11) is 0. The molecule has 7 nitrogen and oxygen atoms in total. The topological polar surface area (TPSA) is 95.7 Å². The average molecular weight is 435 g/mol. The lowest BCUT2D eigenvalue weighted by Gasteiger charge is -2.31. The number of nitrogens with one attached hydrogen (secondary N) is 1. The van der Waals surface area contributed by atoms with Gasteiger partial charge in [0.2, 0.25) is 17.7 Å². The van der Waals surface area contributed by atoms with Crippen molar-refractivity contribution in [1.82, 2.24) is 0 Å². The molecule has 0 saturated carbocycles. The number of hydrogen-bond acceptors (Lipinski definition) is 4. The average Bonchev–Trinajstić information content (AvgIpc) is 3.17. The van der Waals surface area contributed by atoms with Gasteiger partial charge in [-0.25, -0.2) is 0 Å². The number of hydrogen-bond donors (Lipinski definition) is 2. The van der Waals surface area contributed by atoms with Crippen LogP contribution >= 0.6 is 0 Å². The number of nitrogens with zero attached hydrogens (tertiary/aromatic N) is 2. The second-order valence-electron chi connectivity index (χ2n) is 8.76. The molecule has 2 fully saturated rings. The summed E-state index contributed by atoms with van der Waals surface area (Å²) < 4.78 is 0. The van der Waals surface area contributed by atoms with Crippen molar-refractivity contribution in [2.24, 2.45) is 11.7 Å². The zero-order valence-corrected chi connectivity index (χ0v) is 18.7. The summed E-state index contributed by atoms with van der Waals surface area (Å²) >= 11 is 0. The summed E-state index contributed by atoms with van der Waals surface area (Å²) in [5.74, 6) is -1.27. The smallest absolute Gasteiger partial charge is 0.248 e. The monoisotopic (exact) mass is 434 g/mol. The summed E-state index contributed by atoms with van der Waals surface area (Å²) in [4.78, 5) is 41.6. The molecule has 0 aromatic heterocycles. The third-order valence-electron chi connectivity index (χ3n) is 6.60. The first-order valence-electron chi connectivity index (χ1n) is 11.2. The fourth-order valence-electron chi connectivity index (χ4n) is 4.58. The molecule has 2 aromatic rings. The highest BCUT2D eigenvalue weighted by Gasteiger charge is 2.36. The van der Waals surface area contributed by atoms with Gasteiger partial charge in [0.05, 0.1) is 17.3 Å². The molecule has 2 heterocycles. The van der Waals surface area contributed by atoms with E-state index >= 15 is 0 Å². The molecule has 2 saturated heterocycles. The van der Waals surface area contributed by atoms with E-state index in [4.69, 9.17) is 5.73 Å². The van der Waals surface area contributed by atoms with E-state index in [1.165, 1.54) is 6.42 Å². The molecule has 7 heteroatoms. The lowest BCUT2D eigenvalue weighted by Crippen LogP contribution is -2.32. The van der Waals surface area contributed by atoms with Crippen LogP contribution in [0.25, 0.3) is 0 Å². The van der Waals surface area contributed by atoms with E-state index in [0.717, 1.165) is 48.4 Å². The molecular weight excluding hydrogens is 404 g/mol. The van der Waals surface area contributed by atoms with Crippen molar-refractivity contribution in [2.75, 3.05) is 34.8 Å². The van der Waals surface area contributed by atoms with E-state index in [1.54, 1.807) is 17.0 Å². The van der Waals surface area contributed by atoms with Crippen LogP contribution in [-0.4, -0.2) is 37.4 Å². The first kappa shape index (κ1) is 21.9. The minimum absolute atomic E-state index is 0.0546. The van der Waals surface area contributed by atoms with E-state index in [9.17, 15) is 14.4 Å². The highest BCUT2D eigenvalue weighted by atomic mass is 16.2. The van der Waals surface area contributed by atoms with Gasteiger partial charge in [0, 0.05) is 37.3 Å². The summed E-state index contributed by atoms with van der Waals surface area (Å²) in [6.07, 6.45) is 3.53. The number of benzene rings is 2. The Balaban J connectivity index is 1.55. The van der Waals surface area contributed by atoms with Crippen molar-refractivity contribution in [3.63, 3.8) is 0 Å². The molecule has 32 heavy (non-hydrogen) atoms. The third-order valence-corrected chi connectivity index (χ3v) is 6.60. The summed E-state index contributed by atoms with van der Waals surface area (Å²) in [6, 6.07) is 11.1. The first-order valence-corrected chi connectivity index (χ1v) is 11.2. The Labute approximate surface area is 188 Å². The van der Waals surface area contributed by atoms with Gasteiger partial charge < -0.3 is 20.9 Å². The Bertz CT molecular complexity index is 1060. The van der Waals surface area contributed by atoms with E-state index in [-0.39, 0.29) is 18.2 Å². The number of rotatable bonds is 5. The largest absolute Gasteiger partial charge is 0.370 e. The van der Waals surface area contributed by atoms with E-state index in [2.05, 4.69) is 10.2 Å². The Morgan fingerprint density at radius 2 is 1.78 bits per heavy atom. The number of amides is 3. The van der Waals surface area contributed by atoms with Crippen LogP contribution in [-0.2, 0) is 9.59 Å². The summed E-state index contributed by atoms with van der Waals surface area (Å²) in [6.45, 7) is 6.15. The van der Waals surface area contributed by atoms with E-state index < -0.39 is 11.8 Å². The van der Waals surface area contributed by atoms with Crippen LogP contribution in [0.5, 0.6) is 0 Å². The molecule has 168 valence electrons. The Morgan fingerprint density at radius 1 is 1.03 bits per heavy atom. The molecule has 4 rings (SSSR count). The normalized spacial score (nSPS) is 18.7. The molecule has 0 spiro atoms. The maximum atomic E-state index is 13.2. The fraction of sp³-hybridized carbons (Fsp3) is 0.400. The fourth-order valence-corrected chi connectivity index (χ4v) is 4.58. The molecule has 2 aliphatic rings. The van der Waals surface area contributed by atoms with Gasteiger partial charge in [-0.1, -0.05) is 12.1 Å². The van der Waals surface area contributed by atoms with Crippen LogP contribution in [0.2, 0.25) is 0 Å². The van der Waals surface area contributed by atoms with Crippen molar-refractivity contribution in [3.8, 4) is 0 Å². The molecule has 0 aliphatic carbocycles. The van der Waals surface area contributed by atoms with Gasteiger partial charge in [0.25, 0.3) is 0 Å². The molecule has 2 aliphatic heterocycles. The zero-order valence-electron chi connectivity index (χ0n) is 18.7. The van der Waals surface area contributed by atoms with Gasteiger partial charge in [0.1, 0.15) is 0 Å². The van der Waals surface area contributed by atoms with E-state index in [0.29, 0.717) is 17.8 Å². The molecule has 3 N–H and O–H groups in total. The zero-order chi connectivity index (χ0) is 22.8. The van der Waals surface area contributed by atoms with Crippen LogP contribution < -0.4 is 20.9 Å². The maximum absolute atomic E-state index is 13.2. The number of nitrogens with two attached hydrogens (primary N) is 1. The highest BCUT2D eigenvalue weighted by molar-refractivity contribution is 6.05. The van der Waals surface area contributed by atoms with Crippen LogP contribution in [0, 0.1) is 19.8 Å². The number of aryl methyl sites for hydroxylation is 1. The van der Waals surface area contributed by atoms with Crippen molar-refractivity contribution in [1.29, 1.82) is 0 Å². The summed E-state index contributed by atoms with van der Waals surface area (Å²) in [5, 5.41) is 3.00. The van der Waals surface area contributed by atoms with Crippen molar-refractivity contribution in [2.45, 2.75) is 39.5 Å². The number of primary amides is 1. The lowest BCUT2D eigenvalue weighted by molar-refractivity contribution is -0.122. The molecular formula is C25H30N4O3. The van der Waals surface area contributed by atoms with Crippen molar-refractivity contribution >= 4 is 34.8 Å². The first-order chi connectivity index (χ1) is 15.3. The Hall–Kier alpha value is -3.35. The predicted molar refractivity (Wildman–Crippen MR) is 126 cm³/mol. The number of carbonyl (C=O) groups is 3.